The summed E-state index contributed by atoms with van der Waals surface area (Å²) in [7, 11) is 0. The number of primary amides is 1. The summed E-state index contributed by atoms with van der Waals surface area (Å²) in [6.45, 7) is 3.06. The van der Waals surface area contributed by atoms with Gasteiger partial charge in [-0.3, -0.25) is 9.59 Å². The number of amides is 1. The van der Waals surface area contributed by atoms with Gasteiger partial charge in [0.25, 0.3) is 0 Å². The lowest BCUT2D eigenvalue weighted by molar-refractivity contribution is -0.125. The quantitative estimate of drug-likeness (QED) is 0.850. The fourth-order valence-electron chi connectivity index (χ4n) is 2.26. The minimum Gasteiger partial charge on any atom is -0.370 e. The predicted octanol–water partition coefficient (Wildman–Crippen LogP) is 1.85. The second kappa shape index (κ2) is 4.61. The second-order valence-electron chi connectivity index (χ2n) is 4.92. The fourth-order valence-corrected chi connectivity index (χ4v) is 2.42. The summed E-state index contributed by atoms with van der Waals surface area (Å²) in [6, 6.07) is 5.11. The molecule has 1 heterocycles. The Balaban J connectivity index is 2.32. The van der Waals surface area contributed by atoms with Crippen LogP contribution in [0.5, 0.6) is 0 Å². The van der Waals surface area contributed by atoms with E-state index in [-0.39, 0.29) is 5.91 Å². The van der Waals surface area contributed by atoms with Crippen molar-refractivity contribution < 1.29 is 9.59 Å². The first-order chi connectivity index (χ1) is 8.46. The van der Waals surface area contributed by atoms with Crippen LogP contribution >= 0.6 is 11.6 Å². The van der Waals surface area contributed by atoms with Gasteiger partial charge in [0, 0.05) is 29.4 Å². The number of rotatable bonds is 3. The zero-order valence-electron chi connectivity index (χ0n) is 10.1. The van der Waals surface area contributed by atoms with Gasteiger partial charge in [-0.15, -0.1) is 0 Å². The number of hydrogen-bond donors (Lipinski definition) is 1. The molecule has 1 fully saturated rings. The highest BCUT2D eigenvalue weighted by Crippen LogP contribution is 2.35. The molecule has 1 saturated heterocycles. The minimum atomic E-state index is -0.539. The van der Waals surface area contributed by atoms with Crippen molar-refractivity contribution in [3.63, 3.8) is 0 Å². The molecule has 0 bridgehead atoms. The van der Waals surface area contributed by atoms with Crippen LogP contribution in [0.25, 0.3) is 0 Å². The van der Waals surface area contributed by atoms with E-state index in [0.717, 1.165) is 12.0 Å². The topological polar surface area (TPSA) is 63.4 Å². The summed E-state index contributed by atoms with van der Waals surface area (Å²) < 4.78 is 0. The fraction of sp³-hybridized carbons (Fsp3) is 0.385. The normalized spacial score (nSPS) is 23.1. The standard InChI is InChI=1S/C13H15ClN2O2/c1-13(12(15)18)4-5-16(8-13)11-6-10(14)3-2-9(11)7-17/h2-3,6-7H,4-5,8H2,1H3,(H2,15,18). The maximum absolute atomic E-state index is 11.4. The maximum Gasteiger partial charge on any atom is 0.225 e. The van der Waals surface area contributed by atoms with Gasteiger partial charge in [-0.25, -0.2) is 0 Å². The largest absolute Gasteiger partial charge is 0.370 e. The zero-order chi connectivity index (χ0) is 13.3. The van der Waals surface area contributed by atoms with Crippen LogP contribution in [-0.2, 0) is 4.79 Å². The molecule has 2 N–H and O–H groups in total. The van der Waals surface area contributed by atoms with Crippen LogP contribution in [0.4, 0.5) is 5.69 Å². The first-order valence-corrected chi connectivity index (χ1v) is 6.14. The lowest BCUT2D eigenvalue weighted by Crippen LogP contribution is -2.37. The van der Waals surface area contributed by atoms with Gasteiger partial charge in [0.2, 0.25) is 5.91 Å². The van der Waals surface area contributed by atoms with Crippen LogP contribution in [0, 0.1) is 5.41 Å². The third kappa shape index (κ3) is 2.20. The summed E-state index contributed by atoms with van der Waals surface area (Å²) in [5, 5.41) is 0.572. The molecule has 0 aromatic heterocycles. The van der Waals surface area contributed by atoms with E-state index in [0.29, 0.717) is 30.1 Å². The molecule has 18 heavy (non-hydrogen) atoms. The van der Waals surface area contributed by atoms with Gasteiger partial charge >= 0.3 is 0 Å². The Hall–Kier alpha value is -1.55. The SMILES string of the molecule is CC1(C(N)=O)CCN(c2cc(Cl)ccc2C=O)C1. The first kappa shape index (κ1) is 12.9. The molecule has 1 aromatic carbocycles. The highest BCUT2D eigenvalue weighted by atomic mass is 35.5. The van der Waals surface area contributed by atoms with E-state index in [1.165, 1.54) is 0 Å². The van der Waals surface area contributed by atoms with Gasteiger partial charge in [0.05, 0.1) is 5.41 Å². The average molecular weight is 267 g/mol. The zero-order valence-corrected chi connectivity index (χ0v) is 10.9. The number of nitrogens with zero attached hydrogens (tertiary/aromatic N) is 1. The van der Waals surface area contributed by atoms with E-state index in [1.54, 1.807) is 18.2 Å². The van der Waals surface area contributed by atoms with Crippen LogP contribution < -0.4 is 10.6 Å². The van der Waals surface area contributed by atoms with Gasteiger partial charge in [0.15, 0.2) is 6.29 Å². The van der Waals surface area contributed by atoms with Gasteiger partial charge in [-0.2, -0.15) is 0 Å². The van der Waals surface area contributed by atoms with Crippen molar-refractivity contribution in [3.05, 3.63) is 28.8 Å². The highest BCUT2D eigenvalue weighted by molar-refractivity contribution is 6.31. The van der Waals surface area contributed by atoms with E-state index in [9.17, 15) is 9.59 Å². The number of halogens is 1. The first-order valence-electron chi connectivity index (χ1n) is 5.76. The Morgan fingerprint density at radius 2 is 2.28 bits per heavy atom. The van der Waals surface area contributed by atoms with Crippen molar-refractivity contribution >= 4 is 29.5 Å². The van der Waals surface area contributed by atoms with Gasteiger partial charge in [-0.1, -0.05) is 11.6 Å². The van der Waals surface area contributed by atoms with Crippen molar-refractivity contribution in [2.45, 2.75) is 13.3 Å². The molecular weight excluding hydrogens is 252 g/mol. The third-order valence-corrected chi connectivity index (χ3v) is 3.76. The van der Waals surface area contributed by atoms with E-state index < -0.39 is 5.41 Å². The number of benzene rings is 1. The average Bonchev–Trinajstić information content (AvgIpc) is 2.73. The van der Waals surface area contributed by atoms with Crippen LogP contribution in [0.3, 0.4) is 0 Å². The van der Waals surface area contributed by atoms with Crippen LogP contribution in [0.2, 0.25) is 5.02 Å². The predicted molar refractivity (Wildman–Crippen MR) is 71.0 cm³/mol. The number of carbonyl (C=O) groups is 2. The van der Waals surface area contributed by atoms with Crippen molar-refractivity contribution in [2.75, 3.05) is 18.0 Å². The van der Waals surface area contributed by atoms with Crippen LogP contribution in [0.1, 0.15) is 23.7 Å². The minimum absolute atomic E-state index is 0.306. The molecule has 0 radical (unpaired) electrons. The molecule has 2 rings (SSSR count). The Labute approximate surface area is 111 Å². The molecule has 96 valence electrons. The summed E-state index contributed by atoms with van der Waals surface area (Å²) in [4.78, 5) is 24.4. The van der Waals surface area contributed by atoms with Crippen LogP contribution in [0.15, 0.2) is 18.2 Å². The number of carbonyl (C=O) groups excluding carboxylic acids is 2. The molecule has 1 unspecified atom stereocenters. The number of nitrogens with two attached hydrogens (primary N) is 1. The molecule has 1 aliphatic rings. The van der Waals surface area contributed by atoms with E-state index in [1.807, 2.05) is 11.8 Å². The molecule has 0 spiro atoms. The molecule has 1 aromatic rings. The Kier molecular flexibility index (Phi) is 3.30. The Bertz CT molecular complexity index is 504. The molecular formula is C13H15ClN2O2. The van der Waals surface area contributed by atoms with Crippen LogP contribution in [-0.4, -0.2) is 25.3 Å². The number of anilines is 1. The molecule has 0 aliphatic carbocycles. The molecule has 5 heteroatoms. The highest BCUT2D eigenvalue weighted by Gasteiger charge is 2.39. The van der Waals surface area contributed by atoms with Crippen molar-refractivity contribution in [2.24, 2.45) is 11.1 Å². The molecule has 1 aliphatic heterocycles. The Morgan fingerprint density at radius 1 is 1.56 bits per heavy atom. The lowest BCUT2D eigenvalue weighted by Gasteiger charge is -2.23. The van der Waals surface area contributed by atoms with Gasteiger partial charge in [-0.05, 0) is 31.5 Å². The smallest absolute Gasteiger partial charge is 0.225 e. The van der Waals surface area contributed by atoms with Crippen molar-refractivity contribution in [3.8, 4) is 0 Å². The molecule has 0 saturated carbocycles. The number of aldehydes is 1. The molecule has 1 amide bonds. The summed E-state index contributed by atoms with van der Waals surface area (Å²) in [5.41, 5.74) is 6.22. The van der Waals surface area contributed by atoms with Gasteiger partial charge in [0.1, 0.15) is 0 Å². The monoisotopic (exact) mass is 266 g/mol. The third-order valence-electron chi connectivity index (χ3n) is 3.53. The van der Waals surface area contributed by atoms with E-state index in [4.69, 9.17) is 17.3 Å². The Morgan fingerprint density at radius 3 is 2.83 bits per heavy atom. The summed E-state index contributed by atoms with van der Waals surface area (Å²) in [5.74, 6) is -0.306. The number of hydrogen-bond acceptors (Lipinski definition) is 3. The van der Waals surface area contributed by atoms with Crippen molar-refractivity contribution in [1.29, 1.82) is 0 Å². The van der Waals surface area contributed by atoms with Crippen molar-refractivity contribution in [1.82, 2.24) is 0 Å². The summed E-state index contributed by atoms with van der Waals surface area (Å²) >= 11 is 5.95. The summed E-state index contributed by atoms with van der Waals surface area (Å²) in [6.07, 6.45) is 1.48. The lowest BCUT2D eigenvalue weighted by atomic mass is 9.89. The maximum atomic E-state index is 11.4. The van der Waals surface area contributed by atoms with E-state index >= 15 is 0 Å². The molecule has 4 nitrogen and oxygen atoms in total. The molecule has 1 atom stereocenters. The van der Waals surface area contributed by atoms with Gasteiger partial charge < -0.3 is 10.6 Å². The second-order valence-corrected chi connectivity index (χ2v) is 5.35. The van der Waals surface area contributed by atoms with E-state index in [2.05, 4.69) is 0 Å².